The summed E-state index contributed by atoms with van der Waals surface area (Å²) in [5, 5.41) is 11.8. The molecule has 5 rings (SSSR count). The van der Waals surface area contributed by atoms with Crippen LogP contribution >= 0.6 is 11.5 Å². The Bertz CT molecular complexity index is 1200. The Kier molecular flexibility index (Phi) is 4.44. The molecule has 0 unspecified atom stereocenters. The fraction of sp³-hybridized carbons (Fsp3) is 0.238. The highest BCUT2D eigenvalue weighted by molar-refractivity contribution is 7.13. The van der Waals surface area contributed by atoms with E-state index in [4.69, 9.17) is 0 Å². The largest absolute Gasteiger partial charge is 0.480 e. The van der Waals surface area contributed by atoms with Crippen LogP contribution in [0, 0.1) is 5.82 Å². The number of nitrogens with zero attached hydrogens (tertiary/aromatic N) is 3. The number of hydrogen-bond acceptors (Lipinski definition) is 5. The molecule has 0 spiro atoms. The number of anilines is 1. The van der Waals surface area contributed by atoms with Crippen molar-refractivity contribution in [3.63, 3.8) is 0 Å². The molecule has 8 heteroatoms. The van der Waals surface area contributed by atoms with Gasteiger partial charge in [-0.25, -0.2) is 4.39 Å². The van der Waals surface area contributed by atoms with Crippen LogP contribution in [0.15, 0.2) is 48.7 Å². The number of aliphatic carboxylic acids is 1. The van der Waals surface area contributed by atoms with Gasteiger partial charge >= 0.3 is 5.97 Å². The van der Waals surface area contributed by atoms with Gasteiger partial charge in [0, 0.05) is 54.2 Å². The van der Waals surface area contributed by atoms with E-state index in [1.54, 1.807) is 12.3 Å². The van der Waals surface area contributed by atoms with Gasteiger partial charge in [-0.05, 0) is 41.9 Å². The van der Waals surface area contributed by atoms with Gasteiger partial charge in [0.05, 0.1) is 4.70 Å². The molecule has 0 aliphatic carbocycles. The average Bonchev–Trinajstić information content (AvgIpc) is 3.33. The van der Waals surface area contributed by atoms with Crippen molar-refractivity contribution in [1.29, 1.82) is 0 Å². The minimum absolute atomic E-state index is 0.345. The van der Waals surface area contributed by atoms with Gasteiger partial charge < -0.3 is 15.0 Å². The van der Waals surface area contributed by atoms with Crippen LogP contribution in [-0.4, -0.2) is 51.5 Å². The highest BCUT2D eigenvalue weighted by atomic mass is 32.1. The van der Waals surface area contributed by atoms with Crippen molar-refractivity contribution in [3.05, 3.63) is 60.0 Å². The van der Waals surface area contributed by atoms with Crippen LogP contribution in [0.2, 0.25) is 0 Å². The molecule has 4 aromatic rings. The normalized spacial score (nSPS) is 16.5. The zero-order valence-electron chi connectivity index (χ0n) is 15.5. The molecule has 1 saturated heterocycles. The molecule has 0 radical (unpaired) electrons. The topological polar surface area (TPSA) is 72.5 Å². The summed E-state index contributed by atoms with van der Waals surface area (Å²) in [5.74, 6) is -0.274. The lowest BCUT2D eigenvalue weighted by Gasteiger charge is -2.38. The molecule has 0 amide bonds. The van der Waals surface area contributed by atoms with Crippen molar-refractivity contribution in [2.75, 3.05) is 31.1 Å². The van der Waals surface area contributed by atoms with E-state index >= 15 is 0 Å². The molecule has 148 valence electrons. The van der Waals surface area contributed by atoms with Gasteiger partial charge in [0.15, 0.2) is 0 Å². The molecule has 2 N–H and O–H groups in total. The number of piperazine rings is 1. The molecule has 1 fully saturated rings. The van der Waals surface area contributed by atoms with E-state index < -0.39 is 12.0 Å². The van der Waals surface area contributed by atoms with Gasteiger partial charge in [0.25, 0.3) is 0 Å². The first-order valence-electron chi connectivity index (χ1n) is 9.44. The summed E-state index contributed by atoms with van der Waals surface area (Å²) in [5.41, 5.74) is 1.28. The van der Waals surface area contributed by atoms with E-state index in [9.17, 15) is 14.3 Å². The summed E-state index contributed by atoms with van der Waals surface area (Å²) in [6.45, 7) is 2.62. The summed E-state index contributed by atoms with van der Waals surface area (Å²) in [7, 11) is 0. The second-order valence-electron chi connectivity index (χ2n) is 7.20. The Morgan fingerprint density at radius 1 is 1.14 bits per heavy atom. The molecule has 1 aliphatic heterocycles. The maximum absolute atomic E-state index is 13.5. The second kappa shape index (κ2) is 7.13. The first-order valence-corrected chi connectivity index (χ1v) is 10.2. The lowest BCUT2D eigenvalue weighted by molar-refractivity contribution is -0.143. The number of carbonyl (C=O) groups is 1. The monoisotopic (exact) mass is 410 g/mol. The molecule has 2 aromatic heterocycles. The van der Waals surface area contributed by atoms with Crippen molar-refractivity contribution in [2.24, 2.45) is 0 Å². The van der Waals surface area contributed by atoms with Crippen LogP contribution < -0.4 is 4.90 Å². The quantitative estimate of drug-likeness (QED) is 0.534. The third kappa shape index (κ3) is 3.14. The maximum Gasteiger partial charge on any atom is 0.325 e. The third-order valence-corrected chi connectivity index (χ3v) is 6.36. The number of nitrogens with one attached hydrogen (secondary N) is 1. The summed E-state index contributed by atoms with van der Waals surface area (Å²) in [4.78, 5) is 19.3. The predicted octanol–water partition coefficient (Wildman–Crippen LogP) is 3.86. The molecule has 1 atom stereocenters. The number of aromatic amines is 1. The summed E-state index contributed by atoms with van der Waals surface area (Å²) in [6, 6.07) is 11.8. The van der Waals surface area contributed by atoms with Gasteiger partial charge in [-0.1, -0.05) is 12.1 Å². The Morgan fingerprint density at radius 3 is 2.72 bits per heavy atom. The number of hydrogen-bond donors (Lipinski definition) is 2. The summed E-state index contributed by atoms with van der Waals surface area (Å²) < 4.78 is 19.3. The van der Waals surface area contributed by atoms with Crippen LogP contribution in [0.25, 0.3) is 21.0 Å². The van der Waals surface area contributed by atoms with Gasteiger partial charge in [-0.2, -0.15) is 4.37 Å². The smallest absolute Gasteiger partial charge is 0.325 e. The fourth-order valence-corrected chi connectivity index (χ4v) is 4.92. The lowest BCUT2D eigenvalue weighted by atomic mass is 10.0. The highest BCUT2D eigenvalue weighted by Gasteiger charge is 2.32. The molecule has 3 heterocycles. The van der Waals surface area contributed by atoms with Crippen LogP contribution in [0.1, 0.15) is 11.6 Å². The van der Waals surface area contributed by atoms with Gasteiger partial charge in [-0.15, -0.1) is 0 Å². The number of carboxylic acids is 1. The minimum Gasteiger partial charge on any atom is -0.480 e. The fourth-order valence-electron chi connectivity index (χ4n) is 4.13. The number of carboxylic acid groups (broad SMARTS) is 1. The summed E-state index contributed by atoms with van der Waals surface area (Å²) in [6.07, 6.45) is 1.68. The lowest BCUT2D eigenvalue weighted by Crippen LogP contribution is -2.49. The standard InChI is InChI=1S/C21H19FN4O2S/c22-13-5-6-14-16(12-23-17(14)11-13)19(21(27)28)25-7-9-26(10-8-25)20-15-3-1-2-4-18(15)29-24-20/h1-6,11-12,19,23H,7-10H2,(H,27,28)/t19-/m0/s1. The molecule has 0 bridgehead atoms. The molecule has 2 aromatic carbocycles. The van der Waals surface area contributed by atoms with Gasteiger partial charge in [0.2, 0.25) is 0 Å². The van der Waals surface area contributed by atoms with Crippen molar-refractivity contribution >= 4 is 44.3 Å². The molecule has 6 nitrogen and oxygen atoms in total. The molecule has 29 heavy (non-hydrogen) atoms. The van der Waals surface area contributed by atoms with Crippen LogP contribution in [0.4, 0.5) is 10.2 Å². The SMILES string of the molecule is O=C(O)[C@H](c1c[nH]c2cc(F)ccc12)N1CCN(c2nsc3ccccc23)CC1. The average molecular weight is 410 g/mol. The van der Waals surface area contributed by atoms with E-state index in [-0.39, 0.29) is 5.82 Å². The van der Waals surface area contributed by atoms with Gasteiger partial charge in [0.1, 0.15) is 17.7 Å². The number of benzene rings is 2. The van der Waals surface area contributed by atoms with Crippen molar-refractivity contribution in [3.8, 4) is 0 Å². The Hall–Kier alpha value is -2.97. The van der Waals surface area contributed by atoms with E-state index in [1.165, 1.54) is 23.7 Å². The third-order valence-electron chi connectivity index (χ3n) is 5.54. The summed E-state index contributed by atoms with van der Waals surface area (Å²) >= 11 is 1.49. The van der Waals surface area contributed by atoms with Crippen LogP contribution in [0.3, 0.4) is 0 Å². The number of aromatic nitrogens is 2. The van der Waals surface area contributed by atoms with Gasteiger partial charge in [-0.3, -0.25) is 9.69 Å². The van der Waals surface area contributed by atoms with Crippen molar-refractivity contribution < 1.29 is 14.3 Å². The van der Waals surface area contributed by atoms with Crippen molar-refractivity contribution in [2.45, 2.75) is 6.04 Å². The Balaban J connectivity index is 1.39. The van der Waals surface area contributed by atoms with Crippen LogP contribution in [0.5, 0.6) is 0 Å². The number of H-pyrrole nitrogens is 1. The maximum atomic E-state index is 13.5. The first-order chi connectivity index (χ1) is 14.1. The predicted molar refractivity (Wildman–Crippen MR) is 112 cm³/mol. The zero-order chi connectivity index (χ0) is 20.0. The molecule has 0 saturated carbocycles. The minimum atomic E-state index is -0.900. The number of rotatable bonds is 4. The Labute approximate surface area is 170 Å². The van der Waals surface area contributed by atoms with E-state index in [1.807, 2.05) is 17.0 Å². The van der Waals surface area contributed by atoms with E-state index in [2.05, 4.69) is 26.4 Å². The molecule has 1 aliphatic rings. The first kappa shape index (κ1) is 18.1. The van der Waals surface area contributed by atoms with E-state index in [0.29, 0.717) is 37.3 Å². The molecular formula is C21H19FN4O2S. The Morgan fingerprint density at radius 2 is 1.93 bits per heavy atom. The second-order valence-corrected chi connectivity index (χ2v) is 8.01. The zero-order valence-corrected chi connectivity index (χ0v) is 16.3. The van der Waals surface area contributed by atoms with E-state index in [0.717, 1.165) is 21.3 Å². The number of fused-ring (bicyclic) bond motifs is 2. The van der Waals surface area contributed by atoms with Crippen LogP contribution in [-0.2, 0) is 4.79 Å². The molecular weight excluding hydrogens is 391 g/mol. The van der Waals surface area contributed by atoms with Crippen molar-refractivity contribution in [1.82, 2.24) is 14.3 Å². The number of halogens is 1. The highest BCUT2D eigenvalue weighted by Crippen LogP contribution is 2.33.